The van der Waals surface area contributed by atoms with Crippen LogP contribution in [0.1, 0.15) is 29.4 Å². The van der Waals surface area contributed by atoms with E-state index in [9.17, 15) is 13.6 Å². The van der Waals surface area contributed by atoms with E-state index in [0.717, 1.165) is 0 Å². The number of rotatable bonds is 3. The van der Waals surface area contributed by atoms with Gasteiger partial charge in [0.25, 0.3) is 5.91 Å². The molecule has 2 heterocycles. The molecular formula is C18H20F2N4O. The van der Waals surface area contributed by atoms with E-state index in [1.807, 2.05) is 11.8 Å². The lowest BCUT2D eigenvalue weighted by Crippen LogP contribution is -2.36. The second-order valence-corrected chi connectivity index (χ2v) is 5.92. The number of hydrogen-bond acceptors (Lipinski definition) is 4. The molecular weight excluding hydrogens is 326 g/mol. The summed E-state index contributed by atoms with van der Waals surface area (Å²) >= 11 is 0. The van der Waals surface area contributed by atoms with Crippen molar-refractivity contribution >= 4 is 11.7 Å². The summed E-state index contributed by atoms with van der Waals surface area (Å²) in [5.41, 5.74) is 0.450. The SMILES string of the molecule is CCc1ncnc(N2CCCN(C(=O)c3ccccc3F)CC2)c1F. The van der Waals surface area contributed by atoms with Crippen LogP contribution in [-0.2, 0) is 6.42 Å². The number of benzene rings is 1. The molecule has 3 rings (SSSR count). The standard InChI is InChI=1S/C18H20F2N4O/c1-2-15-16(20)17(22-12-21-15)23-8-5-9-24(11-10-23)18(25)13-6-3-4-7-14(13)19/h3-4,6-7,12H,2,5,8-11H2,1H3. The van der Waals surface area contributed by atoms with Gasteiger partial charge >= 0.3 is 0 Å². The number of halogens is 2. The van der Waals surface area contributed by atoms with Gasteiger partial charge < -0.3 is 9.80 Å². The topological polar surface area (TPSA) is 49.3 Å². The monoisotopic (exact) mass is 346 g/mol. The molecule has 2 aromatic rings. The molecule has 1 fully saturated rings. The van der Waals surface area contributed by atoms with Crippen molar-refractivity contribution < 1.29 is 13.6 Å². The fourth-order valence-electron chi connectivity index (χ4n) is 3.00. The van der Waals surface area contributed by atoms with E-state index in [-0.39, 0.29) is 17.3 Å². The van der Waals surface area contributed by atoms with Crippen molar-refractivity contribution in [2.24, 2.45) is 0 Å². The molecule has 0 bridgehead atoms. The normalized spacial score (nSPS) is 15.2. The molecule has 25 heavy (non-hydrogen) atoms. The van der Waals surface area contributed by atoms with Gasteiger partial charge in [0.2, 0.25) is 0 Å². The smallest absolute Gasteiger partial charge is 0.256 e. The third-order valence-electron chi connectivity index (χ3n) is 4.37. The molecule has 0 unspecified atom stereocenters. The van der Waals surface area contributed by atoms with Crippen LogP contribution >= 0.6 is 0 Å². The molecule has 0 spiro atoms. The zero-order chi connectivity index (χ0) is 17.8. The lowest BCUT2D eigenvalue weighted by molar-refractivity contribution is 0.0762. The molecule has 1 aromatic carbocycles. The predicted molar refractivity (Wildman–Crippen MR) is 90.5 cm³/mol. The van der Waals surface area contributed by atoms with Crippen molar-refractivity contribution in [2.75, 3.05) is 31.1 Å². The van der Waals surface area contributed by atoms with Gasteiger partial charge in [0.05, 0.1) is 11.3 Å². The van der Waals surface area contributed by atoms with Gasteiger partial charge in [-0.2, -0.15) is 0 Å². The molecule has 1 saturated heterocycles. The van der Waals surface area contributed by atoms with Gasteiger partial charge in [-0.1, -0.05) is 19.1 Å². The Morgan fingerprint density at radius 2 is 1.92 bits per heavy atom. The van der Waals surface area contributed by atoms with Gasteiger partial charge in [-0.15, -0.1) is 0 Å². The van der Waals surface area contributed by atoms with Crippen LogP contribution in [0, 0.1) is 11.6 Å². The van der Waals surface area contributed by atoms with Gasteiger partial charge in [0.1, 0.15) is 12.1 Å². The quantitative estimate of drug-likeness (QED) is 0.857. The Morgan fingerprint density at radius 1 is 1.12 bits per heavy atom. The molecule has 132 valence electrons. The zero-order valence-corrected chi connectivity index (χ0v) is 14.1. The molecule has 5 nitrogen and oxygen atoms in total. The number of nitrogens with zero attached hydrogens (tertiary/aromatic N) is 4. The lowest BCUT2D eigenvalue weighted by Gasteiger charge is -2.23. The van der Waals surface area contributed by atoms with Crippen molar-refractivity contribution in [2.45, 2.75) is 19.8 Å². The molecule has 1 aliphatic rings. The van der Waals surface area contributed by atoms with Gasteiger partial charge in [0, 0.05) is 26.2 Å². The van der Waals surface area contributed by atoms with E-state index < -0.39 is 11.6 Å². The first-order valence-corrected chi connectivity index (χ1v) is 8.40. The van der Waals surface area contributed by atoms with E-state index in [0.29, 0.717) is 44.7 Å². The molecule has 0 atom stereocenters. The van der Waals surface area contributed by atoms with Gasteiger partial charge in [0.15, 0.2) is 11.6 Å². The van der Waals surface area contributed by atoms with Crippen molar-refractivity contribution in [3.8, 4) is 0 Å². The summed E-state index contributed by atoms with van der Waals surface area (Å²) in [6.07, 6.45) is 2.52. The fraction of sp³-hybridized carbons (Fsp3) is 0.389. The summed E-state index contributed by atoms with van der Waals surface area (Å²) in [7, 11) is 0. The van der Waals surface area contributed by atoms with E-state index in [2.05, 4.69) is 9.97 Å². The highest BCUT2D eigenvalue weighted by Gasteiger charge is 2.24. The number of hydrogen-bond donors (Lipinski definition) is 0. The molecule has 1 aromatic heterocycles. The Bertz CT molecular complexity index is 768. The number of amides is 1. The maximum absolute atomic E-state index is 14.5. The fourth-order valence-corrected chi connectivity index (χ4v) is 3.00. The van der Waals surface area contributed by atoms with Crippen molar-refractivity contribution in [3.63, 3.8) is 0 Å². The maximum atomic E-state index is 14.5. The van der Waals surface area contributed by atoms with Crippen LogP contribution in [0.15, 0.2) is 30.6 Å². The van der Waals surface area contributed by atoms with Gasteiger partial charge in [-0.3, -0.25) is 4.79 Å². The highest BCUT2D eigenvalue weighted by Crippen LogP contribution is 2.20. The third kappa shape index (κ3) is 3.60. The first kappa shape index (κ1) is 17.3. The molecule has 7 heteroatoms. The number of anilines is 1. The van der Waals surface area contributed by atoms with E-state index in [1.165, 1.54) is 18.5 Å². The minimum absolute atomic E-state index is 0.0671. The highest BCUT2D eigenvalue weighted by molar-refractivity contribution is 5.94. The Labute approximate surface area is 145 Å². The second kappa shape index (κ2) is 7.55. The van der Waals surface area contributed by atoms with Crippen LogP contribution in [0.5, 0.6) is 0 Å². The Morgan fingerprint density at radius 3 is 2.68 bits per heavy atom. The van der Waals surface area contributed by atoms with E-state index in [1.54, 1.807) is 17.0 Å². The maximum Gasteiger partial charge on any atom is 0.256 e. The van der Waals surface area contributed by atoms with E-state index in [4.69, 9.17) is 0 Å². The Balaban J connectivity index is 1.75. The van der Waals surface area contributed by atoms with Crippen LogP contribution in [-0.4, -0.2) is 47.0 Å². The van der Waals surface area contributed by atoms with Crippen LogP contribution in [0.2, 0.25) is 0 Å². The van der Waals surface area contributed by atoms with Crippen molar-refractivity contribution in [3.05, 3.63) is 53.5 Å². The predicted octanol–water partition coefficient (Wildman–Crippen LogP) is 2.67. The molecule has 1 aliphatic heterocycles. The van der Waals surface area contributed by atoms with Crippen molar-refractivity contribution in [1.82, 2.24) is 14.9 Å². The summed E-state index contributed by atoms with van der Waals surface area (Å²) in [5.74, 6) is -0.994. The van der Waals surface area contributed by atoms with Gasteiger partial charge in [-0.05, 0) is 25.0 Å². The first-order valence-electron chi connectivity index (χ1n) is 8.40. The van der Waals surface area contributed by atoms with Crippen LogP contribution in [0.3, 0.4) is 0 Å². The van der Waals surface area contributed by atoms with Crippen LogP contribution < -0.4 is 4.90 Å². The third-order valence-corrected chi connectivity index (χ3v) is 4.37. The summed E-state index contributed by atoms with van der Waals surface area (Å²) in [5, 5.41) is 0. The zero-order valence-electron chi connectivity index (χ0n) is 14.1. The average molecular weight is 346 g/mol. The summed E-state index contributed by atoms with van der Waals surface area (Å²) in [4.78, 5) is 24.0. The highest BCUT2D eigenvalue weighted by atomic mass is 19.1. The molecule has 1 amide bonds. The number of aromatic nitrogens is 2. The number of carbonyl (C=O) groups is 1. The average Bonchev–Trinajstić information content (AvgIpc) is 2.88. The largest absolute Gasteiger partial charge is 0.352 e. The molecule has 0 radical (unpaired) electrons. The van der Waals surface area contributed by atoms with Crippen LogP contribution in [0.25, 0.3) is 0 Å². The Hall–Kier alpha value is -2.57. The summed E-state index contributed by atoms with van der Waals surface area (Å²) in [6.45, 7) is 3.75. The number of carbonyl (C=O) groups excluding carboxylic acids is 1. The minimum atomic E-state index is -0.525. The Kier molecular flexibility index (Phi) is 5.21. The number of aryl methyl sites for hydroxylation is 1. The molecule has 0 N–H and O–H groups in total. The van der Waals surface area contributed by atoms with Crippen molar-refractivity contribution in [1.29, 1.82) is 0 Å². The molecule has 0 aliphatic carbocycles. The first-order chi connectivity index (χ1) is 12.1. The molecule has 0 saturated carbocycles. The minimum Gasteiger partial charge on any atom is -0.352 e. The lowest BCUT2D eigenvalue weighted by atomic mass is 10.2. The second-order valence-electron chi connectivity index (χ2n) is 5.92. The summed E-state index contributed by atoms with van der Waals surface area (Å²) in [6, 6.07) is 5.96. The summed E-state index contributed by atoms with van der Waals surface area (Å²) < 4.78 is 28.3. The van der Waals surface area contributed by atoms with Crippen LogP contribution in [0.4, 0.5) is 14.6 Å². The van der Waals surface area contributed by atoms with E-state index >= 15 is 0 Å². The van der Waals surface area contributed by atoms with Gasteiger partial charge in [-0.25, -0.2) is 18.7 Å².